The van der Waals surface area contributed by atoms with Gasteiger partial charge < -0.3 is 5.73 Å². The molecule has 1 heterocycles. The van der Waals surface area contributed by atoms with E-state index in [0.717, 1.165) is 12.8 Å². The Morgan fingerprint density at radius 1 is 1.53 bits per heavy atom. The summed E-state index contributed by atoms with van der Waals surface area (Å²) in [4.78, 5) is 0.258. The number of nitrogens with one attached hydrogen (secondary N) is 1. The van der Waals surface area contributed by atoms with Gasteiger partial charge in [-0.2, -0.15) is 9.40 Å². The lowest BCUT2D eigenvalue weighted by Crippen LogP contribution is -2.33. The van der Waals surface area contributed by atoms with E-state index in [2.05, 4.69) is 10.2 Å². The first-order chi connectivity index (χ1) is 8.02. The van der Waals surface area contributed by atoms with Crippen LogP contribution in [0.4, 0.5) is 0 Å². The number of aromatic amines is 1. The van der Waals surface area contributed by atoms with Crippen molar-refractivity contribution in [2.45, 2.75) is 44.2 Å². The van der Waals surface area contributed by atoms with Crippen LogP contribution in [0.2, 0.25) is 0 Å². The summed E-state index contributed by atoms with van der Waals surface area (Å²) < 4.78 is 26.6. The highest BCUT2D eigenvalue weighted by Gasteiger charge is 2.39. The first-order valence-electron chi connectivity index (χ1n) is 5.78. The van der Waals surface area contributed by atoms with Crippen molar-refractivity contribution in [1.29, 1.82) is 0 Å². The lowest BCUT2D eigenvalue weighted by molar-refractivity contribution is 0.420. The summed E-state index contributed by atoms with van der Waals surface area (Å²) in [6.45, 7) is 4.18. The highest BCUT2D eigenvalue weighted by molar-refractivity contribution is 7.89. The fourth-order valence-corrected chi connectivity index (χ4v) is 4.09. The van der Waals surface area contributed by atoms with Crippen LogP contribution in [0.25, 0.3) is 0 Å². The second-order valence-electron chi connectivity index (χ2n) is 4.27. The van der Waals surface area contributed by atoms with Crippen molar-refractivity contribution >= 4 is 10.0 Å². The molecule has 1 aromatic rings. The number of sulfonamides is 1. The number of hydrogen-bond acceptors (Lipinski definition) is 4. The maximum absolute atomic E-state index is 12.5. The van der Waals surface area contributed by atoms with Crippen molar-refractivity contribution in [2.75, 3.05) is 6.54 Å². The molecule has 3 N–H and O–H groups in total. The van der Waals surface area contributed by atoms with E-state index >= 15 is 0 Å². The van der Waals surface area contributed by atoms with Crippen LogP contribution in [0.1, 0.15) is 31.2 Å². The number of hydrogen-bond donors (Lipinski definition) is 2. The summed E-state index contributed by atoms with van der Waals surface area (Å²) in [5.74, 6) is 0. The largest absolute Gasteiger partial charge is 0.325 e. The van der Waals surface area contributed by atoms with Crippen LogP contribution >= 0.6 is 0 Å². The van der Waals surface area contributed by atoms with Gasteiger partial charge in [0.2, 0.25) is 10.0 Å². The predicted molar refractivity (Wildman–Crippen MR) is 63.8 cm³/mol. The first-order valence-corrected chi connectivity index (χ1v) is 7.22. The molecule has 0 amide bonds. The molecular formula is C10H18N4O2S. The van der Waals surface area contributed by atoms with Crippen LogP contribution in [0, 0.1) is 6.92 Å². The first kappa shape index (κ1) is 12.5. The van der Waals surface area contributed by atoms with E-state index in [1.165, 1.54) is 0 Å². The van der Waals surface area contributed by atoms with Crippen molar-refractivity contribution in [1.82, 2.24) is 14.5 Å². The Bertz CT molecular complexity index is 504. The van der Waals surface area contributed by atoms with Crippen LogP contribution < -0.4 is 5.73 Å². The summed E-state index contributed by atoms with van der Waals surface area (Å²) in [6.07, 6.45) is 1.89. The molecule has 96 valence electrons. The van der Waals surface area contributed by atoms with Gasteiger partial charge in [-0.1, -0.05) is 6.92 Å². The Balaban J connectivity index is 2.46. The lowest BCUT2D eigenvalue weighted by atomic mass is 10.4. The number of rotatable bonds is 5. The molecule has 7 heteroatoms. The monoisotopic (exact) mass is 258 g/mol. The van der Waals surface area contributed by atoms with Gasteiger partial charge in [0, 0.05) is 19.1 Å². The molecule has 1 aromatic heterocycles. The van der Waals surface area contributed by atoms with E-state index in [4.69, 9.17) is 5.73 Å². The van der Waals surface area contributed by atoms with E-state index in [1.54, 1.807) is 11.2 Å². The number of H-pyrrole nitrogens is 1. The Kier molecular flexibility index (Phi) is 3.24. The van der Waals surface area contributed by atoms with Crippen LogP contribution in [0.15, 0.2) is 4.90 Å². The van der Waals surface area contributed by atoms with Crippen LogP contribution in [0.3, 0.4) is 0 Å². The summed E-state index contributed by atoms with van der Waals surface area (Å²) in [6, 6.07) is 0.157. The molecule has 2 rings (SSSR count). The van der Waals surface area contributed by atoms with Crippen molar-refractivity contribution in [2.24, 2.45) is 5.73 Å². The van der Waals surface area contributed by atoms with Crippen molar-refractivity contribution in [3.63, 3.8) is 0 Å². The van der Waals surface area contributed by atoms with Crippen LogP contribution in [-0.4, -0.2) is 35.5 Å². The van der Waals surface area contributed by atoms with Crippen molar-refractivity contribution in [3.05, 3.63) is 11.4 Å². The van der Waals surface area contributed by atoms with E-state index in [1.807, 2.05) is 6.92 Å². The van der Waals surface area contributed by atoms with Crippen molar-refractivity contribution < 1.29 is 8.42 Å². The third-order valence-corrected chi connectivity index (χ3v) is 5.22. The molecule has 6 nitrogen and oxygen atoms in total. The molecule has 0 saturated heterocycles. The summed E-state index contributed by atoms with van der Waals surface area (Å²) in [5, 5.41) is 6.64. The summed E-state index contributed by atoms with van der Waals surface area (Å²) >= 11 is 0. The van der Waals surface area contributed by atoms with Gasteiger partial charge in [0.15, 0.2) is 0 Å². The molecule has 0 radical (unpaired) electrons. The number of aromatic nitrogens is 2. The van der Waals surface area contributed by atoms with Gasteiger partial charge in [0.05, 0.1) is 11.4 Å². The molecule has 0 atom stereocenters. The van der Waals surface area contributed by atoms with Gasteiger partial charge in [0.25, 0.3) is 0 Å². The molecule has 0 bridgehead atoms. The van der Waals surface area contributed by atoms with Crippen LogP contribution in [0.5, 0.6) is 0 Å². The van der Waals surface area contributed by atoms with Gasteiger partial charge >= 0.3 is 0 Å². The summed E-state index contributed by atoms with van der Waals surface area (Å²) in [5.41, 5.74) is 6.51. The van der Waals surface area contributed by atoms with Crippen molar-refractivity contribution in [3.8, 4) is 0 Å². The highest BCUT2D eigenvalue weighted by Crippen LogP contribution is 2.33. The minimum absolute atomic E-state index is 0.126. The van der Waals surface area contributed by atoms with Gasteiger partial charge in [-0.25, -0.2) is 8.42 Å². The Morgan fingerprint density at radius 3 is 2.65 bits per heavy atom. The van der Waals surface area contributed by atoms with E-state index in [-0.39, 0.29) is 17.5 Å². The number of nitrogens with two attached hydrogens (primary N) is 1. The molecule has 0 aromatic carbocycles. The molecule has 1 saturated carbocycles. The fourth-order valence-electron chi connectivity index (χ4n) is 2.05. The minimum atomic E-state index is -3.46. The average Bonchev–Trinajstić information content (AvgIpc) is 3.01. The fraction of sp³-hybridized carbons (Fsp3) is 0.700. The zero-order valence-corrected chi connectivity index (χ0v) is 10.9. The molecule has 0 spiro atoms. The second kappa shape index (κ2) is 4.40. The molecule has 1 aliphatic carbocycles. The van der Waals surface area contributed by atoms with E-state index < -0.39 is 10.0 Å². The topological polar surface area (TPSA) is 92.1 Å². The molecule has 0 unspecified atom stereocenters. The van der Waals surface area contributed by atoms with Gasteiger partial charge in [-0.3, -0.25) is 5.10 Å². The Morgan fingerprint density at radius 2 is 2.18 bits per heavy atom. The van der Waals surface area contributed by atoms with Gasteiger partial charge in [-0.05, 0) is 19.8 Å². The minimum Gasteiger partial charge on any atom is -0.325 e. The normalized spacial score (nSPS) is 16.7. The van der Waals surface area contributed by atoms with Gasteiger partial charge in [0.1, 0.15) is 4.90 Å². The highest BCUT2D eigenvalue weighted by atomic mass is 32.2. The smallest absolute Gasteiger partial charge is 0.247 e. The molecule has 1 fully saturated rings. The maximum atomic E-state index is 12.5. The standard InChI is InChI=1S/C10H18N4O2S/c1-3-14(8-4-5-8)17(15,16)10-7(2)12-13-9(10)6-11/h8H,3-6,11H2,1-2H3,(H,12,13). The maximum Gasteiger partial charge on any atom is 0.247 e. The van der Waals surface area contributed by atoms with E-state index in [9.17, 15) is 8.42 Å². The second-order valence-corrected chi connectivity index (χ2v) is 6.10. The lowest BCUT2D eigenvalue weighted by Gasteiger charge is -2.20. The summed E-state index contributed by atoms with van der Waals surface area (Å²) in [7, 11) is -3.46. The molecule has 0 aliphatic heterocycles. The predicted octanol–water partition coefficient (Wildman–Crippen LogP) is 0.350. The quantitative estimate of drug-likeness (QED) is 0.797. The zero-order valence-electron chi connectivity index (χ0n) is 10.1. The van der Waals surface area contributed by atoms with E-state index in [0.29, 0.717) is 17.9 Å². The van der Waals surface area contributed by atoms with Gasteiger partial charge in [-0.15, -0.1) is 0 Å². The zero-order chi connectivity index (χ0) is 12.6. The number of nitrogens with zero attached hydrogens (tertiary/aromatic N) is 2. The molecule has 1 aliphatic rings. The number of aryl methyl sites for hydroxylation is 1. The average molecular weight is 258 g/mol. The SMILES string of the molecule is CCN(C1CC1)S(=O)(=O)c1c(CN)n[nH]c1C. The third-order valence-electron chi connectivity index (χ3n) is 2.99. The molecule has 17 heavy (non-hydrogen) atoms. The molecular weight excluding hydrogens is 240 g/mol. The van der Waals surface area contributed by atoms with Crippen LogP contribution in [-0.2, 0) is 16.6 Å². The Labute approximate surface area is 101 Å². The Hall–Kier alpha value is -0.920. The third kappa shape index (κ3) is 2.10.